The number of ether oxygens (including phenoxy) is 2. The van der Waals surface area contributed by atoms with Crippen LogP contribution >= 0.6 is 11.3 Å². The van der Waals surface area contributed by atoms with E-state index in [0.717, 1.165) is 46.5 Å². The molecule has 0 aliphatic heterocycles. The fourth-order valence-electron chi connectivity index (χ4n) is 4.56. The van der Waals surface area contributed by atoms with Crippen LogP contribution in [-0.2, 0) is 22.4 Å². The monoisotopic (exact) mass is 534 g/mol. The van der Waals surface area contributed by atoms with E-state index in [1.165, 1.54) is 11.3 Å². The van der Waals surface area contributed by atoms with Crippen molar-refractivity contribution in [1.29, 1.82) is 0 Å². The second-order valence-corrected chi connectivity index (χ2v) is 10.9. The maximum atomic E-state index is 13.1. The van der Waals surface area contributed by atoms with Gasteiger partial charge in [0, 0.05) is 16.1 Å². The Bertz CT molecular complexity index is 1350. The molecule has 38 heavy (non-hydrogen) atoms. The van der Waals surface area contributed by atoms with Crippen LogP contribution in [0, 0.1) is 19.8 Å². The first-order chi connectivity index (χ1) is 18.2. The number of thiophene rings is 1. The molecule has 2 N–H and O–H groups in total. The van der Waals surface area contributed by atoms with Gasteiger partial charge in [-0.05, 0) is 94.3 Å². The van der Waals surface area contributed by atoms with E-state index in [1.54, 1.807) is 38.1 Å². The van der Waals surface area contributed by atoms with Crippen LogP contribution in [0.25, 0.3) is 0 Å². The number of carbonyl (C=O) groups is 3. The molecule has 0 saturated carbocycles. The van der Waals surface area contributed by atoms with Crippen molar-refractivity contribution in [3.8, 4) is 5.75 Å². The summed E-state index contributed by atoms with van der Waals surface area (Å²) in [5.41, 5.74) is 4.75. The molecule has 0 bridgehead atoms. The van der Waals surface area contributed by atoms with Crippen molar-refractivity contribution < 1.29 is 23.9 Å². The molecule has 1 aliphatic carbocycles. The maximum absolute atomic E-state index is 13.1. The average molecular weight is 535 g/mol. The van der Waals surface area contributed by atoms with Crippen molar-refractivity contribution in [2.24, 2.45) is 5.92 Å². The van der Waals surface area contributed by atoms with Crippen molar-refractivity contribution in [2.75, 3.05) is 17.2 Å². The highest BCUT2D eigenvalue weighted by atomic mass is 32.1. The van der Waals surface area contributed by atoms with Gasteiger partial charge in [-0.2, -0.15) is 0 Å². The van der Waals surface area contributed by atoms with E-state index in [1.807, 2.05) is 32.0 Å². The van der Waals surface area contributed by atoms with Crippen LogP contribution < -0.4 is 15.4 Å². The van der Waals surface area contributed by atoms with E-state index < -0.39 is 12.1 Å². The Morgan fingerprint density at radius 1 is 1.08 bits per heavy atom. The molecule has 7 nitrogen and oxygen atoms in total. The molecule has 0 radical (unpaired) electrons. The second-order valence-electron chi connectivity index (χ2n) is 9.82. The standard InChI is InChI=1S/C30H34N2O5S/c1-6-36-30(35)26-23-13-7-18(3)16-25(23)38-29(26)32-28(34)21-9-11-22(12-10-21)37-20(5)27(33)31-24-14-8-17(2)15-19(24)4/h8-12,14-15,18,20H,6-7,13,16H2,1-5H3,(H,31,33)(H,32,34)/t18-,20-/m1/s1. The molecule has 1 heterocycles. The molecule has 0 unspecified atom stereocenters. The molecule has 1 aromatic heterocycles. The van der Waals surface area contributed by atoms with Crippen LogP contribution in [0.15, 0.2) is 42.5 Å². The third kappa shape index (κ3) is 6.25. The summed E-state index contributed by atoms with van der Waals surface area (Å²) in [5.74, 6) is 0.0256. The lowest BCUT2D eigenvalue weighted by Crippen LogP contribution is -2.30. The summed E-state index contributed by atoms with van der Waals surface area (Å²) in [4.78, 5) is 39.6. The van der Waals surface area contributed by atoms with E-state index in [-0.39, 0.29) is 18.4 Å². The maximum Gasteiger partial charge on any atom is 0.341 e. The summed E-state index contributed by atoms with van der Waals surface area (Å²) in [6, 6.07) is 12.4. The molecule has 0 spiro atoms. The number of esters is 1. The normalized spacial score (nSPS) is 15.2. The van der Waals surface area contributed by atoms with Crippen molar-refractivity contribution in [3.63, 3.8) is 0 Å². The Labute approximate surface area is 227 Å². The lowest BCUT2D eigenvalue weighted by atomic mass is 9.88. The molecule has 8 heteroatoms. The summed E-state index contributed by atoms with van der Waals surface area (Å²) < 4.78 is 11.1. The van der Waals surface area contributed by atoms with Gasteiger partial charge in [-0.15, -0.1) is 11.3 Å². The average Bonchev–Trinajstić information content (AvgIpc) is 3.22. The minimum atomic E-state index is -0.734. The Kier molecular flexibility index (Phi) is 8.52. The number of nitrogens with one attached hydrogen (secondary N) is 2. The van der Waals surface area contributed by atoms with Crippen LogP contribution in [0.4, 0.5) is 10.7 Å². The van der Waals surface area contributed by atoms with Gasteiger partial charge < -0.3 is 20.1 Å². The zero-order chi connectivity index (χ0) is 27.4. The summed E-state index contributed by atoms with van der Waals surface area (Å²) in [7, 11) is 0. The van der Waals surface area contributed by atoms with E-state index in [2.05, 4.69) is 17.6 Å². The Morgan fingerprint density at radius 2 is 1.82 bits per heavy atom. The summed E-state index contributed by atoms with van der Waals surface area (Å²) in [6.45, 7) is 9.87. The zero-order valence-electron chi connectivity index (χ0n) is 22.5. The van der Waals surface area contributed by atoms with Gasteiger partial charge in [0.25, 0.3) is 11.8 Å². The number of amides is 2. The lowest BCUT2D eigenvalue weighted by Gasteiger charge is -2.18. The van der Waals surface area contributed by atoms with Gasteiger partial charge in [0.15, 0.2) is 6.10 Å². The Balaban J connectivity index is 1.42. The highest BCUT2D eigenvalue weighted by Gasteiger charge is 2.29. The molecule has 3 aromatic rings. The highest BCUT2D eigenvalue weighted by Crippen LogP contribution is 2.40. The van der Waals surface area contributed by atoms with E-state index in [9.17, 15) is 14.4 Å². The molecule has 2 atom stereocenters. The predicted octanol–water partition coefficient (Wildman–Crippen LogP) is 6.32. The van der Waals surface area contributed by atoms with Crippen LogP contribution in [0.3, 0.4) is 0 Å². The highest BCUT2D eigenvalue weighted by molar-refractivity contribution is 7.17. The van der Waals surface area contributed by atoms with Gasteiger partial charge in [-0.3, -0.25) is 9.59 Å². The Hall–Kier alpha value is -3.65. The van der Waals surface area contributed by atoms with Gasteiger partial charge in [0.2, 0.25) is 0 Å². The fraction of sp³-hybridized carbons (Fsp3) is 0.367. The number of fused-ring (bicyclic) bond motifs is 1. The van der Waals surface area contributed by atoms with Crippen molar-refractivity contribution in [1.82, 2.24) is 0 Å². The van der Waals surface area contributed by atoms with E-state index >= 15 is 0 Å². The first kappa shape index (κ1) is 27.4. The van der Waals surface area contributed by atoms with Crippen LogP contribution in [0.2, 0.25) is 0 Å². The molecule has 1 aliphatic rings. The SMILES string of the molecule is CCOC(=O)c1c(NC(=O)c2ccc(O[C@H](C)C(=O)Nc3ccc(C)cc3C)cc2)sc2c1CC[C@@H](C)C2. The second kappa shape index (κ2) is 11.8. The van der Waals surface area contributed by atoms with Gasteiger partial charge >= 0.3 is 5.97 Å². The van der Waals surface area contributed by atoms with Crippen molar-refractivity contribution in [2.45, 2.75) is 60.0 Å². The predicted molar refractivity (Wildman–Crippen MR) is 150 cm³/mol. The topological polar surface area (TPSA) is 93.7 Å². The molecular weight excluding hydrogens is 500 g/mol. The number of hydrogen-bond acceptors (Lipinski definition) is 6. The number of hydrogen-bond donors (Lipinski definition) is 2. The van der Waals surface area contributed by atoms with Gasteiger partial charge in [-0.1, -0.05) is 24.6 Å². The van der Waals surface area contributed by atoms with Crippen molar-refractivity contribution >= 4 is 39.8 Å². The van der Waals surface area contributed by atoms with Crippen LogP contribution in [0.1, 0.15) is 69.5 Å². The summed E-state index contributed by atoms with van der Waals surface area (Å²) >= 11 is 1.46. The summed E-state index contributed by atoms with van der Waals surface area (Å²) in [6.07, 6.45) is 1.97. The minimum absolute atomic E-state index is 0.263. The fourth-order valence-corrected chi connectivity index (χ4v) is 5.96. The number of aryl methyl sites for hydroxylation is 2. The lowest BCUT2D eigenvalue weighted by molar-refractivity contribution is -0.122. The minimum Gasteiger partial charge on any atom is -0.481 e. The molecule has 0 saturated heterocycles. The zero-order valence-corrected chi connectivity index (χ0v) is 23.3. The molecule has 4 rings (SSSR count). The van der Waals surface area contributed by atoms with Crippen LogP contribution in [-0.4, -0.2) is 30.5 Å². The number of rotatable bonds is 8. The molecule has 200 valence electrons. The van der Waals surface area contributed by atoms with Gasteiger partial charge in [-0.25, -0.2) is 4.79 Å². The van der Waals surface area contributed by atoms with E-state index in [0.29, 0.717) is 27.8 Å². The Morgan fingerprint density at radius 3 is 2.50 bits per heavy atom. The number of benzene rings is 2. The van der Waals surface area contributed by atoms with Crippen LogP contribution in [0.5, 0.6) is 5.75 Å². The van der Waals surface area contributed by atoms with Gasteiger partial charge in [0.1, 0.15) is 10.8 Å². The van der Waals surface area contributed by atoms with Gasteiger partial charge in [0.05, 0.1) is 12.2 Å². The third-order valence-corrected chi connectivity index (χ3v) is 7.83. The number of carbonyl (C=O) groups excluding carboxylic acids is 3. The smallest absolute Gasteiger partial charge is 0.341 e. The molecule has 2 amide bonds. The first-order valence-electron chi connectivity index (χ1n) is 12.9. The van der Waals surface area contributed by atoms with Crippen molar-refractivity contribution in [3.05, 3.63) is 75.2 Å². The molecule has 0 fully saturated rings. The summed E-state index contributed by atoms with van der Waals surface area (Å²) in [5, 5.41) is 6.36. The quantitative estimate of drug-likeness (QED) is 0.330. The number of anilines is 2. The largest absolute Gasteiger partial charge is 0.481 e. The van der Waals surface area contributed by atoms with E-state index in [4.69, 9.17) is 9.47 Å². The first-order valence-corrected chi connectivity index (χ1v) is 13.8. The molecule has 2 aromatic carbocycles. The third-order valence-electron chi connectivity index (χ3n) is 6.66. The molecular formula is C30H34N2O5S.